The van der Waals surface area contributed by atoms with Gasteiger partial charge in [-0.05, 0) is 28.1 Å². The molecule has 7 nitrogen and oxygen atoms in total. The van der Waals surface area contributed by atoms with Crippen molar-refractivity contribution < 1.29 is 24.0 Å². The third-order valence-electron chi connectivity index (χ3n) is 2.43. The fourth-order valence-electron chi connectivity index (χ4n) is 1.55. The van der Waals surface area contributed by atoms with Crippen molar-refractivity contribution in [3.8, 4) is 11.5 Å². The first-order chi connectivity index (χ1) is 9.91. The number of aromatic nitrogens is 1. The van der Waals surface area contributed by atoms with Crippen molar-refractivity contribution in [2.24, 2.45) is 0 Å². The molecule has 0 amide bonds. The summed E-state index contributed by atoms with van der Waals surface area (Å²) in [7, 11) is 0. The normalized spacial score (nSPS) is 10.2. The lowest BCUT2D eigenvalue weighted by Crippen LogP contribution is -2.04. The van der Waals surface area contributed by atoms with Crippen molar-refractivity contribution in [3.63, 3.8) is 0 Å². The lowest BCUT2D eigenvalue weighted by molar-refractivity contribution is -0.386. The van der Waals surface area contributed by atoms with Crippen LogP contribution < -0.4 is 4.74 Å². The number of benzene rings is 1. The molecule has 1 N–H and O–H groups in total. The second kappa shape index (κ2) is 5.83. The summed E-state index contributed by atoms with van der Waals surface area (Å²) in [6, 6.07) is 3.38. The summed E-state index contributed by atoms with van der Waals surface area (Å²) in [5.74, 6) is -3.16. The molecule has 108 valence electrons. The number of carbonyl (C=O) groups is 1. The minimum atomic E-state index is -1.55. The Balaban J connectivity index is 2.56. The van der Waals surface area contributed by atoms with Crippen LogP contribution in [0.15, 0.2) is 35.1 Å². The van der Waals surface area contributed by atoms with Crippen LogP contribution in [0.1, 0.15) is 10.4 Å². The number of pyridine rings is 1. The van der Waals surface area contributed by atoms with E-state index in [2.05, 4.69) is 20.9 Å². The molecule has 1 aromatic carbocycles. The van der Waals surface area contributed by atoms with E-state index in [0.29, 0.717) is 0 Å². The van der Waals surface area contributed by atoms with Gasteiger partial charge in [-0.1, -0.05) is 6.07 Å². The third-order valence-corrected chi connectivity index (χ3v) is 3.00. The second-order valence-corrected chi connectivity index (χ2v) is 4.60. The highest BCUT2D eigenvalue weighted by atomic mass is 79.9. The first kappa shape index (κ1) is 14.9. The van der Waals surface area contributed by atoms with Gasteiger partial charge >= 0.3 is 11.7 Å². The molecule has 0 atom stereocenters. The molecule has 0 spiro atoms. The molecule has 0 saturated carbocycles. The predicted molar refractivity (Wildman–Crippen MR) is 72.0 cm³/mol. The molecule has 1 aromatic heterocycles. The van der Waals surface area contributed by atoms with Gasteiger partial charge in [-0.15, -0.1) is 0 Å². The fourth-order valence-corrected chi connectivity index (χ4v) is 1.95. The molecule has 2 rings (SSSR count). The number of nitro groups is 1. The number of carboxylic acid groups (broad SMARTS) is 1. The number of halogens is 2. The van der Waals surface area contributed by atoms with Crippen LogP contribution in [0.5, 0.6) is 11.5 Å². The number of carboxylic acids is 1. The smallest absolute Gasteiger partial charge is 0.342 e. The van der Waals surface area contributed by atoms with E-state index in [1.165, 1.54) is 18.3 Å². The lowest BCUT2D eigenvalue weighted by atomic mass is 10.2. The van der Waals surface area contributed by atoms with E-state index in [0.717, 1.165) is 12.3 Å². The number of ether oxygens (including phenoxy) is 1. The molecular weight excluding hydrogens is 351 g/mol. The van der Waals surface area contributed by atoms with Gasteiger partial charge in [0.2, 0.25) is 5.75 Å². The first-order valence-corrected chi connectivity index (χ1v) is 6.18. The van der Waals surface area contributed by atoms with Crippen LogP contribution in [0, 0.1) is 15.9 Å². The number of aromatic carboxylic acids is 1. The van der Waals surface area contributed by atoms with Crippen LogP contribution in [0.3, 0.4) is 0 Å². The average molecular weight is 357 g/mol. The standard InChI is InChI=1S/C12H6BrFN2O5/c13-6-4-15-5-8(16(19)20)11(6)21-9-3-1-2-7(14)10(9)12(17)18/h1-5H,(H,17,18). The lowest BCUT2D eigenvalue weighted by Gasteiger charge is -2.10. The highest BCUT2D eigenvalue weighted by molar-refractivity contribution is 9.10. The van der Waals surface area contributed by atoms with Gasteiger partial charge in [-0.25, -0.2) is 9.18 Å². The molecule has 1 heterocycles. The molecule has 0 fully saturated rings. The Morgan fingerprint density at radius 3 is 2.76 bits per heavy atom. The summed E-state index contributed by atoms with van der Waals surface area (Å²) in [6.07, 6.45) is 2.18. The van der Waals surface area contributed by atoms with E-state index >= 15 is 0 Å². The Bertz CT molecular complexity index is 738. The highest BCUT2D eigenvalue weighted by Gasteiger charge is 2.23. The molecule has 0 aliphatic carbocycles. The van der Waals surface area contributed by atoms with Crippen molar-refractivity contribution in [2.45, 2.75) is 0 Å². The monoisotopic (exact) mass is 356 g/mol. The predicted octanol–water partition coefficient (Wildman–Crippen LogP) is 3.38. The van der Waals surface area contributed by atoms with Gasteiger partial charge in [-0.2, -0.15) is 0 Å². The van der Waals surface area contributed by atoms with Crippen LogP contribution in [0.25, 0.3) is 0 Å². The summed E-state index contributed by atoms with van der Waals surface area (Å²) >= 11 is 3.02. The largest absolute Gasteiger partial charge is 0.477 e. The molecule has 0 unspecified atom stereocenters. The van der Waals surface area contributed by atoms with E-state index in [4.69, 9.17) is 9.84 Å². The average Bonchev–Trinajstić information content (AvgIpc) is 2.40. The summed E-state index contributed by atoms with van der Waals surface area (Å²) in [5, 5.41) is 19.9. The van der Waals surface area contributed by atoms with Crippen molar-refractivity contribution in [3.05, 3.63) is 56.6 Å². The van der Waals surface area contributed by atoms with Gasteiger partial charge in [0.1, 0.15) is 23.3 Å². The zero-order valence-electron chi connectivity index (χ0n) is 10.1. The zero-order valence-corrected chi connectivity index (χ0v) is 11.7. The Morgan fingerprint density at radius 2 is 2.14 bits per heavy atom. The van der Waals surface area contributed by atoms with Crippen LogP contribution in [0.2, 0.25) is 0 Å². The van der Waals surface area contributed by atoms with Gasteiger partial charge in [-0.3, -0.25) is 15.1 Å². The molecule has 0 bridgehead atoms. The van der Waals surface area contributed by atoms with Crippen LogP contribution in [-0.2, 0) is 0 Å². The Kier molecular flexibility index (Phi) is 4.13. The van der Waals surface area contributed by atoms with Gasteiger partial charge in [0.05, 0.1) is 9.40 Å². The summed E-state index contributed by atoms with van der Waals surface area (Å²) < 4.78 is 18.9. The first-order valence-electron chi connectivity index (χ1n) is 5.39. The Labute approximate surface area is 125 Å². The van der Waals surface area contributed by atoms with Crippen molar-refractivity contribution in [2.75, 3.05) is 0 Å². The minimum absolute atomic E-state index is 0.136. The van der Waals surface area contributed by atoms with Crippen LogP contribution >= 0.6 is 15.9 Å². The van der Waals surface area contributed by atoms with Crippen LogP contribution in [-0.4, -0.2) is 21.0 Å². The summed E-state index contributed by atoms with van der Waals surface area (Å²) in [6.45, 7) is 0. The molecule has 21 heavy (non-hydrogen) atoms. The molecular formula is C12H6BrFN2O5. The fraction of sp³-hybridized carbons (Fsp3) is 0. The molecule has 9 heteroatoms. The number of nitrogens with zero attached hydrogens (tertiary/aromatic N) is 2. The van der Waals surface area contributed by atoms with Crippen molar-refractivity contribution in [1.82, 2.24) is 4.98 Å². The van der Waals surface area contributed by atoms with Crippen LogP contribution in [0.4, 0.5) is 10.1 Å². The van der Waals surface area contributed by atoms with Gasteiger partial charge < -0.3 is 9.84 Å². The molecule has 2 aromatic rings. The second-order valence-electron chi connectivity index (χ2n) is 3.75. The Morgan fingerprint density at radius 1 is 1.43 bits per heavy atom. The van der Waals surface area contributed by atoms with E-state index in [9.17, 15) is 19.3 Å². The van der Waals surface area contributed by atoms with Crippen molar-refractivity contribution >= 4 is 27.6 Å². The molecule has 0 radical (unpaired) electrons. The quantitative estimate of drug-likeness (QED) is 0.665. The molecule has 0 saturated heterocycles. The SMILES string of the molecule is O=C(O)c1c(F)cccc1Oc1c(Br)cncc1[N+](=O)[O-]. The maximum Gasteiger partial charge on any atom is 0.342 e. The number of rotatable bonds is 4. The molecule has 0 aliphatic rings. The molecule has 0 aliphatic heterocycles. The number of hydrogen-bond acceptors (Lipinski definition) is 5. The number of hydrogen-bond donors (Lipinski definition) is 1. The van der Waals surface area contributed by atoms with Gasteiger partial charge in [0.25, 0.3) is 0 Å². The maximum absolute atomic E-state index is 13.5. The highest BCUT2D eigenvalue weighted by Crippen LogP contribution is 2.38. The van der Waals surface area contributed by atoms with E-state index < -0.39 is 28.0 Å². The van der Waals surface area contributed by atoms with Gasteiger partial charge in [0.15, 0.2) is 0 Å². The minimum Gasteiger partial charge on any atom is -0.477 e. The van der Waals surface area contributed by atoms with Crippen molar-refractivity contribution in [1.29, 1.82) is 0 Å². The topological polar surface area (TPSA) is 103 Å². The summed E-state index contributed by atoms with van der Waals surface area (Å²) in [4.78, 5) is 24.9. The van der Waals surface area contributed by atoms with E-state index in [1.54, 1.807) is 0 Å². The Hall–Kier alpha value is -2.55. The van der Waals surface area contributed by atoms with E-state index in [-0.39, 0.29) is 16.0 Å². The summed E-state index contributed by atoms with van der Waals surface area (Å²) in [5.41, 5.74) is -1.19. The third kappa shape index (κ3) is 2.97. The maximum atomic E-state index is 13.5. The van der Waals surface area contributed by atoms with E-state index in [1.807, 2.05) is 0 Å². The van der Waals surface area contributed by atoms with Gasteiger partial charge in [0, 0.05) is 6.20 Å². The zero-order chi connectivity index (χ0) is 15.6.